The molecule has 0 bridgehead atoms. The quantitative estimate of drug-likeness (QED) is 0.508. The summed E-state index contributed by atoms with van der Waals surface area (Å²) in [5.41, 5.74) is 1.87. The van der Waals surface area contributed by atoms with Crippen molar-refractivity contribution >= 4 is 46.8 Å². The van der Waals surface area contributed by atoms with Crippen LogP contribution in [0.15, 0.2) is 48.5 Å². The van der Waals surface area contributed by atoms with Crippen molar-refractivity contribution in [3.63, 3.8) is 0 Å². The van der Waals surface area contributed by atoms with Gasteiger partial charge < -0.3 is 10.2 Å². The largest absolute Gasteiger partial charge is 0.354 e. The Balaban J connectivity index is 2.07. The summed E-state index contributed by atoms with van der Waals surface area (Å²) >= 11 is 13.8. The standard InChI is InChI=1S/C23H28Cl2N2O2S/c1-16(2)12-26-23(29)17(3)27(13-18-7-6-9-20(24)11-18)22(28)15-30-14-19-8-4-5-10-21(19)25/h4-11,16-17H,12-15H2,1-3H3,(H,26,29)/t17-/m0/s1. The highest BCUT2D eigenvalue weighted by atomic mass is 35.5. The molecular formula is C23H28Cl2N2O2S. The Hall–Kier alpha value is -1.69. The van der Waals surface area contributed by atoms with E-state index in [2.05, 4.69) is 5.32 Å². The Labute approximate surface area is 193 Å². The molecule has 0 saturated heterocycles. The van der Waals surface area contributed by atoms with Crippen LogP contribution >= 0.6 is 35.0 Å². The minimum atomic E-state index is -0.587. The number of amides is 2. The van der Waals surface area contributed by atoms with Crippen molar-refractivity contribution in [3.8, 4) is 0 Å². The molecule has 2 aromatic rings. The van der Waals surface area contributed by atoms with Gasteiger partial charge in [-0.15, -0.1) is 11.8 Å². The van der Waals surface area contributed by atoms with Gasteiger partial charge in [0.1, 0.15) is 6.04 Å². The Morgan fingerprint density at radius 2 is 1.80 bits per heavy atom. The molecule has 2 amide bonds. The molecule has 0 fully saturated rings. The molecule has 0 radical (unpaired) electrons. The molecule has 30 heavy (non-hydrogen) atoms. The van der Waals surface area contributed by atoms with E-state index in [0.29, 0.717) is 34.8 Å². The predicted molar refractivity (Wildman–Crippen MR) is 127 cm³/mol. The van der Waals surface area contributed by atoms with Crippen molar-refractivity contribution in [3.05, 3.63) is 69.7 Å². The van der Waals surface area contributed by atoms with Gasteiger partial charge >= 0.3 is 0 Å². The molecule has 0 saturated carbocycles. The first kappa shape index (κ1) is 24.6. The van der Waals surface area contributed by atoms with Gasteiger partial charge in [0.15, 0.2) is 0 Å². The minimum absolute atomic E-state index is 0.0979. The zero-order valence-corrected chi connectivity index (χ0v) is 19.9. The Kier molecular flexibility index (Phi) is 10.0. The molecule has 1 atom stereocenters. The first-order chi connectivity index (χ1) is 14.3. The van der Waals surface area contributed by atoms with Gasteiger partial charge in [-0.25, -0.2) is 0 Å². The summed E-state index contributed by atoms with van der Waals surface area (Å²) in [7, 11) is 0. The van der Waals surface area contributed by atoms with Crippen LogP contribution in [0.1, 0.15) is 31.9 Å². The SMILES string of the molecule is CC(C)CNC(=O)[C@H](C)N(Cc1cccc(Cl)c1)C(=O)CSCc1ccccc1Cl. The van der Waals surface area contributed by atoms with Gasteiger partial charge in [-0.05, 0) is 42.2 Å². The summed E-state index contributed by atoms with van der Waals surface area (Å²) in [6, 6.07) is 14.4. The third kappa shape index (κ3) is 7.86. The Morgan fingerprint density at radius 1 is 1.07 bits per heavy atom. The molecule has 0 unspecified atom stereocenters. The Morgan fingerprint density at radius 3 is 2.47 bits per heavy atom. The molecule has 7 heteroatoms. The summed E-state index contributed by atoms with van der Waals surface area (Å²) in [5.74, 6) is 0.969. The fourth-order valence-electron chi connectivity index (χ4n) is 2.81. The van der Waals surface area contributed by atoms with Crippen LogP contribution in [0.4, 0.5) is 0 Å². The summed E-state index contributed by atoms with van der Waals surface area (Å²) in [5, 5.41) is 4.21. The second kappa shape index (κ2) is 12.2. The van der Waals surface area contributed by atoms with Crippen LogP contribution in [0.3, 0.4) is 0 Å². The van der Waals surface area contributed by atoms with E-state index in [9.17, 15) is 9.59 Å². The maximum absolute atomic E-state index is 13.1. The van der Waals surface area contributed by atoms with Crippen LogP contribution in [-0.4, -0.2) is 35.1 Å². The number of carbonyl (C=O) groups is 2. The van der Waals surface area contributed by atoms with Crippen molar-refractivity contribution in [1.82, 2.24) is 10.2 Å². The molecule has 0 aliphatic heterocycles. The highest BCUT2D eigenvalue weighted by Crippen LogP contribution is 2.22. The van der Waals surface area contributed by atoms with E-state index in [1.54, 1.807) is 17.9 Å². The second-order valence-corrected chi connectivity index (χ2v) is 9.38. The van der Waals surface area contributed by atoms with E-state index in [1.165, 1.54) is 11.8 Å². The monoisotopic (exact) mass is 466 g/mol. The van der Waals surface area contributed by atoms with Crippen molar-refractivity contribution < 1.29 is 9.59 Å². The maximum Gasteiger partial charge on any atom is 0.242 e. The van der Waals surface area contributed by atoms with Gasteiger partial charge in [-0.3, -0.25) is 9.59 Å². The number of rotatable bonds is 10. The van der Waals surface area contributed by atoms with E-state index >= 15 is 0 Å². The zero-order valence-electron chi connectivity index (χ0n) is 17.5. The fourth-order valence-corrected chi connectivity index (χ4v) is 4.22. The van der Waals surface area contributed by atoms with Crippen molar-refractivity contribution in [2.75, 3.05) is 12.3 Å². The molecule has 0 aromatic heterocycles. The van der Waals surface area contributed by atoms with Crippen LogP contribution < -0.4 is 5.32 Å². The van der Waals surface area contributed by atoms with Crippen molar-refractivity contribution in [2.24, 2.45) is 5.92 Å². The van der Waals surface area contributed by atoms with E-state index < -0.39 is 6.04 Å². The molecule has 162 valence electrons. The van der Waals surface area contributed by atoms with Crippen LogP contribution in [0.25, 0.3) is 0 Å². The first-order valence-electron chi connectivity index (χ1n) is 9.90. The second-order valence-electron chi connectivity index (χ2n) is 7.55. The summed E-state index contributed by atoms with van der Waals surface area (Å²) in [6.07, 6.45) is 0. The van der Waals surface area contributed by atoms with E-state index in [4.69, 9.17) is 23.2 Å². The smallest absolute Gasteiger partial charge is 0.242 e. The molecule has 2 rings (SSSR count). The van der Waals surface area contributed by atoms with Crippen molar-refractivity contribution in [1.29, 1.82) is 0 Å². The van der Waals surface area contributed by atoms with Gasteiger partial charge in [0.05, 0.1) is 5.75 Å². The lowest BCUT2D eigenvalue weighted by Crippen LogP contribution is -2.48. The molecule has 0 spiro atoms. The lowest BCUT2D eigenvalue weighted by atomic mass is 10.1. The van der Waals surface area contributed by atoms with Gasteiger partial charge in [0.25, 0.3) is 0 Å². The molecule has 4 nitrogen and oxygen atoms in total. The van der Waals surface area contributed by atoms with E-state index in [0.717, 1.165) is 11.1 Å². The third-order valence-electron chi connectivity index (χ3n) is 4.53. The number of thioether (sulfide) groups is 1. The molecule has 0 aliphatic rings. The van der Waals surface area contributed by atoms with Gasteiger partial charge in [-0.2, -0.15) is 0 Å². The van der Waals surface area contributed by atoms with Crippen LogP contribution in [-0.2, 0) is 21.9 Å². The number of benzene rings is 2. The lowest BCUT2D eigenvalue weighted by molar-refractivity contribution is -0.138. The van der Waals surface area contributed by atoms with E-state index in [-0.39, 0.29) is 17.6 Å². The number of hydrogen-bond acceptors (Lipinski definition) is 3. The summed E-state index contributed by atoms with van der Waals surface area (Å²) in [6.45, 7) is 6.72. The number of carbonyl (C=O) groups excluding carboxylic acids is 2. The van der Waals surface area contributed by atoms with Gasteiger partial charge in [0, 0.05) is 28.9 Å². The molecule has 0 aliphatic carbocycles. The van der Waals surface area contributed by atoms with Crippen LogP contribution in [0.2, 0.25) is 10.0 Å². The Bertz CT molecular complexity index is 861. The summed E-state index contributed by atoms with van der Waals surface area (Å²) < 4.78 is 0. The van der Waals surface area contributed by atoms with Crippen LogP contribution in [0, 0.1) is 5.92 Å². The third-order valence-corrected chi connectivity index (χ3v) is 6.10. The van der Waals surface area contributed by atoms with Crippen LogP contribution in [0.5, 0.6) is 0 Å². The van der Waals surface area contributed by atoms with Gasteiger partial charge in [0.2, 0.25) is 11.8 Å². The molecule has 0 heterocycles. The van der Waals surface area contributed by atoms with Crippen molar-refractivity contribution in [2.45, 2.75) is 39.1 Å². The number of nitrogens with zero attached hydrogens (tertiary/aromatic N) is 1. The average molecular weight is 467 g/mol. The summed E-state index contributed by atoms with van der Waals surface area (Å²) in [4.78, 5) is 27.3. The topological polar surface area (TPSA) is 49.4 Å². The normalized spacial score (nSPS) is 11.9. The number of halogens is 2. The lowest BCUT2D eigenvalue weighted by Gasteiger charge is -2.29. The molecular weight excluding hydrogens is 439 g/mol. The number of hydrogen-bond donors (Lipinski definition) is 1. The number of nitrogens with one attached hydrogen (secondary N) is 1. The highest BCUT2D eigenvalue weighted by Gasteiger charge is 2.26. The van der Waals surface area contributed by atoms with E-state index in [1.807, 2.05) is 56.3 Å². The molecule has 1 N–H and O–H groups in total. The average Bonchev–Trinajstić information content (AvgIpc) is 2.71. The molecule has 2 aromatic carbocycles. The first-order valence-corrected chi connectivity index (χ1v) is 11.8. The highest BCUT2D eigenvalue weighted by molar-refractivity contribution is 7.99. The van der Waals surface area contributed by atoms with Gasteiger partial charge in [-0.1, -0.05) is 67.4 Å². The minimum Gasteiger partial charge on any atom is -0.354 e. The fraction of sp³-hybridized carbons (Fsp3) is 0.391. The maximum atomic E-state index is 13.1. The zero-order chi connectivity index (χ0) is 22.1. The predicted octanol–water partition coefficient (Wildman–Crippen LogP) is 5.42.